The van der Waals surface area contributed by atoms with E-state index in [1.165, 1.54) is 18.2 Å². The predicted molar refractivity (Wildman–Crippen MR) is 70.2 cm³/mol. The molecule has 0 radical (unpaired) electrons. The van der Waals surface area contributed by atoms with Gasteiger partial charge in [-0.1, -0.05) is 23.2 Å². The molecule has 20 heavy (non-hydrogen) atoms. The highest BCUT2D eigenvalue weighted by Gasteiger charge is 2.39. The number of nitrogens with one attached hydrogen (secondary N) is 1. The summed E-state index contributed by atoms with van der Waals surface area (Å²) < 4.78 is 36.5. The average molecular weight is 331 g/mol. The molecule has 0 fully saturated rings. The molecule has 0 aliphatic rings. The highest BCUT2D eigenvalue weighted by molar-refractivity contribution is 6.35. The number of nitrogens with zero attached hydrogens (tertiary/aromatic N) is 1. The third-order valence-corrected chi connectivity index (χ3v) is 2.91. The Kier molecular flexibility index (Phi) is 5.50. The minimum absolute atomic E-state index is 0.164. The standard InChI is InChI=1S/C11H11Cl2F3N2O2/c1-18(5-9(19)11(14,15)16)10(20)17-8-4-6(12)2-3-7(8)13/h2-4,9,19H,5H2,1H3,(H,17,20). The molecule has 0 saturated carbocycles. The summed E-state index contributed by atoms with van der Waals surface area (Å²) in [5.41, 5.74) is 0.164. The smallest absolute Gasteiger partial charge is 0.382 e. The van der Waals surface area contributed by atoms with Gasteiger partial charge >= 0.3 is 12.2 Å². The van der Waals surface area contributed by atoms with Gasteiger partial charge in [-0.15, -0.1) is 0 Å². The summed E-state index contributed by atoms with van der Waals surface area (Å²) in [6.07, 6.45) is -7.41. The maximum absolute atomic E-state index is 12.2. The second-order valence-electron chi connectivity index (χ2n) is 3.99. The number of alkyl halides is 3. The molecule has 9 heteroatoms. The van der Waals surface area contributed by atoms with Crippen LogP contribution in [0.25, 0.3) is 0 Å². The summed E-state index contributed by atoms with van der Waals surface area (Å²) >= 11 is 11.5. The Bertz CT molecular complexity index is 497. The molecule has 1 atom stereocenters. The lowest BCUT2D eigenvalue weighted by Gasteiger charge is -2.23. The van der Waals surface area contributed by atoms with Crippen LogP contribution in [-0.4, -0.2) is 41.9 Å². The lowest BCUT2D eigenvalue weighted by atomic mass is 10.3. The summed E-state index contributed by atoms with van der Waals surface area (Å²) in [4.78, 5) is 12.4. The van der Waals surface area contributed by atoms with E-state index in [2.05, 4.69) is 5.32 Å². The molecule has 1 aromatic rings. The maximum atomic E-state index is 12.2. The van der Waals surface area contributed by atoms with Crippen molar-refractivity contribution in [1.29, 1.82) is 0 Å². The van der Waals surface area contributed by atoms with Crippen LogP contribution < -0.4 is 5.32 Å². The Balaban J connectivity index is 2.69. The first-order valence-electron chi connectivity index (χ1n) is 5.33. The molecular formula is C11H11Cl2F3N2O2. The number of likely N-dealkylation sites (N-methyl/N-ethyl adjacent to an activating group) is 1. The number of carbonyl (C=O) groups excluding carboxylic acids is 1. The van der Waals surface area contributed by atoms with Crippen LogP contribution in [0.2, 0.25) is 10.0 Å². The number of halogens is 5. The molecule has 112 valence electrons. The zero-order valence-electron chi connectivity index (χ0n) is 10.2. The van der Waals surface area contributed by atoms with Crippen molar-refractivity contribution < 1.29 is 23.1 Å². The van der Waals surface area contributed by atoms with Gasteiger partial charge in [0.1, 0.15) is 0 Å². The normalized spacial score (nSPS) is 12.9. The number of carbonyl (C=O) groups is 1. The number of rotatable bonds is 3. The maximum Gasteiger partial charge on any atom is 0.416 e. The second kappa shape index (κ2) is 6.51. The third-order valence-electron chi connectivity index (χ3n) is 2.34. The number of aliphatic hydroxyl groups is 1. The largest absolute Gasteiger partial charge is 0.416 e. The van der Waals surface area contributed by atoms with Crippen LogP contribution in [0.4, 0.5) is 23.7 Å². The highest BCUT2D eigenvalue weighted by Crippen LogP contribution is 2.26. The fourth-order valence-corrected chi connectivity index (χ4v) is 1.59. The van der Waals surface area contributed by atoms with Crippen molar-refractivity contribution in [2.45, 2.75) is 12.3 Å². The molecule has 2 amide bonds. The topological polar surface area (TPSA) is 52.6 Å². The van der Waals surface area contributed by atoms with Crippen molar-refractivity contribution >= 4 is 34.9 Å². The van der Waals surface area contributed by atoms with Crippen molar-refractivity contribution in [3.8, 4) is 0 Å². The van der Waals surface area contributed by atoms with Crippen molar-refractivity contribution in [2.75, 3.05) is 18.9 Å². The van der Waals surface area contributed by atoms with Crippen LogP contribution in [-0.2, 0) is 0 Å². The molecule has 0 spiro atoms. The summed E-state index contributed by atoms with van der Waals surface area (Å²) in [6, 6.07) is 3.44. The van der Waals surface area contributed by atoms with Crippen LogP contribution in [0.5, 0.6) is 0 Å². The van der Waals surface area contributed by atoms with Crippen LogP contribution in [0.1, 0.15) is 0 Å². The van der Waals surface area contributed by atoms with Gasteiger partial charge < -0.3 is 15.3 Å². The molecule has 4 nitrogen and oxygen atoms in total. The van der Waals surface area contributed by atoms with E-state index >= 15 is 0 Å². The number of amides is 2. The van der Waals surface area contributed by atoms with E-state index in [1.54, 1.807) is 0 Å². The van der Waals surface area contributed by atoms with Crippen molar-refractivity contribution in [2.24, 2.45) is 0 Å². The molecule has 2 N–H and O–H groups in total. The molecule has 0 saturated heterocycles. The van der Waals surface area contributed by atoms with Crippen molar-refractivity contribution in [1.82, 2.24) is 4.90 Å². The Morgan fingerprint density at radius 2 is 2.05 bits per heavy atom. The minimum Gasteiger partial charge on any atom is -0.382 e. The number of hydrogen-bond acceptors (Lipinski definition) is 2. The molecule has 0 bridgehead atoms. The zero-order chi connectivity index (χ0) is 15.5. The molecule has 0 aliphatic heterocycles. The van der Waals surface area contributed by atoms with Crippen molar-refractivity contribution in [3.63, 3.8) is 0 Å². The van der Waals surface area contributed by atoms with Gasteiger partial charge in [-0.05, 0) is 18.2 Å². The molecule has 1 unspecified atom stereocenters. The molecular weight excluding hydrogens is 320 g/mol. The summed E-state index contributed by atoms with van der Waals surface area (Å²) in [5.74, 6) is 0. The van der Waals surface area contributed by atoms with Crippen LogP contribution in [0.3, 0.4) is 0 Å². The number of benzene rings is 1. The van der Waals surface area contributed by atoms with E-state index in [0.29, 0.717) is 9.92 Å². The quantitative estimate of drug-likeness (QED) is 0.892. The Labute approximate surface area is 123 Å². The fourth-order valence-electron chi connectivity index (χ4n) is 1.25. The number of hydrogen-bond donors (Lipinski definition) is 2. The molecule has 0 heterocycles. The SMILES string of the molecule is CN(CC(O)C(F)(F)F)C(=O)Nc1cc(Cl)ccc1Cl. The first-order chi connectivity index (χ1) is 9.11. The van der Waals surface area contributed by atoms with E-state index in [1.807, 2.05) is 0 Å². The summed E-state index contributed by atoms with van der Waals surface area (Å²) in [7, 11) is 1.11. The zero-order valence-corrected chi connectivity index (χ0v) is 11.7. The van der Waals surface area contributed by atoms with Gasteiger partial charge in [0, 0.05) is 12.1 Å². The van der Waals surface area contributed by atoms with Gasteiger partial charge in [0.15, 0.2) is 6.10 Å². The number of urea groups is 1. The fraction of sp³-hybridized carbons (Fsp3) is 0.364. The van der Waals surface area contributed by atoms with Gasteiger partial charge in [0.25, 0.3) is 0 Å². The number of aliphatic hydroxyl groups excluding tert-OH is 1. The molecule has 1 rings (SSSR count). The highest BCUT2D eigenvalue weighted by atomic mass is 35.5. The lowest BCUT2D eigenvalue weighted by molar-refractivity contribution is -0.205. The van der Waals surface area contributed by atoms with E-state index in [9.17, 15) is 18.0 Å². The average Bonchev–Trinajstić information content (AvgIpc) is 2.32. The van der Waals surface area contributed by atoms with E-state index in [4.69, 9.17) is 28.3 Å². The Morgan fingerprint density at radius 1 is 1.45 bits per heavy atom. The van der Waals surface area contributed by atoms with Gasteiger partial charge in [-0.2, -0.15) is 13.2 Å². The van der Waals surface area contributed by atoms with Crippen LogP contribution in [0, 0.1) is 0 Å². The van der Waals surface area contributed by atoms with Crippen LogP contribution in [0.15, 0.2) is 18.2 Å². The lowest BCUT2D eigenvalue weighted by Crippen LogP contribution is -2.43. The second-order valence-corrected chi connectivity index (χ2v) is 4.84. The monoisotopic (exact) mass is 330 g/mol. The summed E-state index contributed by atoms with van der Waals surface area (Å²) in [6.45, 7) is -0.895. The van der Waals surface area contributed by atoms with E-state index in [-0.39, 0.29) is 10.7 Å². The van der Waals surface area contributed by atoms with Gasteiger partial charge in [0.05, 0.1) is 17.3 Å². The Morgan fingerprint density at radius 3 is 2.60 bits per heavy atom. The third kappa shape index (κ3) is 4.73. The number of anilines is 1. The van der Waals surface area contributed by atoms with Gasteiger partial charge in [-0.25, -0.2) is 4.79 Å². The first-order valence-corrected chi connectivity index (χ1v) is 6.09. The predicted octanol–water partition coefficient (Wildman–Crippen LogP) is 3.38. The summed E-state index contributed by atoms with van der Waals surface area (Å²) in [5, 5.41) is 11.7. The molecule has 1 aromatic carbocycles. The van der Waals surface area contributed by atoms with E-state index in [0.717, 1.165) is 7.05 Å². The molecule has 0 aliphatic carbocycles. The van der Waals surface area contributed by atoms with E-state index < -0.39 is 24.9 Å². The van der Waals surface area contributed by atoms with Gasteiger partial charge in [-0.3, -0.25) is 0 Å². The first kappa shape index (κ1) is 16.9. The van der Waals surface area contributed by atoms with Crippen LogP contribution >= 0.6 is 23.2 Å². The Hall–Kier alpha value is -1.18. The van der Waals surface area contributed by atoms with Crippen molar-refractivity contribution in [3.05, 3.63) is 28.2 Å². The van der Waals surface area contributed by atoms with Gasteiger partial charge in [0.2, 0.25) is 0 Å². The minimum atomic E-state index is -4.79. The molecule has 0 aromatic heterocycles.